The van der Waals surface area contributed by atoms with Crippen molar-refractivity contribution >= 4 is 31.9 Å². The van der Waals surface area contributed by atoms with Gasteiger partial charge in [-0.25, -0.2) is 13.1 Å². The van der Waals surface area contributed by atoms with Crippen molar-refractivity contribution in [3.8, 4) is 0 Å². The Kier molecular flexibility index (Phi) is 6.25. The maximum atomic E-state index is 13.1. The predicted octanol–water partition coefficient (Wildman–Crippen LogP) is 5.60. The van der Waals surface area contributed by atoms with Crippen molar-refractivity contribution in [1.29, 1.82) is 0 Å². The lowest BCUT2D eigenvalue weighted by Gasteiger charge is -2.60. The van der Waals surface area contributed by atoms with E-state index in [1.807, 2.05) is 0 Å². The van der Waals surface area contributed by atoms with E-state index in [-0.39, 0.29) is 10.8 Å². The number of halogens is 1. The molecule has 0 aromatic heterocycles. The maximum absolute atomic E-state index is 13.1. The first-order valence-corrected chi connectivity index (χ1v) is 15.2. The van der Waals surface area contributed by atoms with Crippen molar-refractivity contribution in [3.05, 3.63) is 28.2 Å². The van der Waals surface area contributed by atoms with Gasteiger partial charge in [0.2, 0.25) is 10.0 Å². The summed E-state index contributed by atoms with van der Waals surface area (Å²) >= 11 is 3.39. The van der Waals surface area contributed by atoms with E-state index in [1.54, 1.807) is 12.1 Å². The Morgan fingerprint density at radius 2 is 1.68 bits per heavy atom. The van der Waals surface area contributed by atoms with E-state index in [1.165, 1.54) is 31.7 Å². The summed E-state index contributed by atoms with van der Waals surface area (Å²) in [5.41, 5.74) is 1.19. The number of hydrogen-bond acceptors (Lipinski definition) is 3. The molecule has 0 heterocycles. The molecule has 1 aromatic carbocycles. The summed E-state index contributed by atoms with van der Waals surface area (Å²) in [7, 11) is -3.71. The zero-order valence-electron chi connectivity index (χ0n) is 20.9. The number of carbonyl (C=O) groups is 1. The van der Waals surface area contributed by atoms with Gasteiger partial charge < -0.3 is 5.32 Å². The van der Waals surface area contributed by atoms with Crippen LogP contribution in [0.25, 0.3) is 0 Å². The van der Waals surface area contributed by atoms with Crippen LogP contribution in [0.2, 0.25) is 0 Å². The minimum atomic E-state index is -3.71. The number of amides is 1. The molecule has 6 atom stereocenters. The van der Waals surface area contributed by atoms with Crippen LogP contribution in [0.4, 0.5) is 0 Å². The molecule has 0 spiro atoms. The fourth-order valence-corrected chi connectivity index (χ4v) is 9.78. The summed E-state index contributed by atoms with van der Waals surface area (Å²) in [5, 5.41) is 3.09. The third-order valence-electron chi connectivity index (χ3n) is 10.5. The summed E-state index contributed by atoms with van der Waals surface area (Å²) in [6, 6.07) is 4.87. The van der Waals surface area contributed by atoms with Crippen LogP contribution in [0.5, 0.6) is 0 Å². The second kappa shape index (κ2) is 8.58. The van der Waals surface area contributed by atoms with E-state index in [0.717, 1.165) is 18.8 Å². The molecule has 0 radical (unpaired) electrons. The predicted molar refractivity (Wildman–Crippen MR) is 138 cm³/mol. The molecule has 7 heteroatoms. The summed E-state index contributed by atoms with van der Waals surface area (Å²) in [6.07, 6.45) is 7.17. The number of nitrogens with one attached hydrogen (secondary N) is 2. The lowest BCUT2D eigenvalue weighted by atomic mass is 9.45. The SMILES string of the molecule is CC1(C)C2CCC(CNC(=O)c3ccc(Br)c(S(=O)(=O)NC[C@@H]4C[C@@H]5C[C@H](C4)C5(C)C)c3)C1C2. The molecule has 1 aromatic rings. The van der Waals surface area contributed by atoms with E-state index in [4.69, 9.17) is 0 Å². The molecular weight excluding hydrogens is 512 g/mol. The van der Waals surface area contributed by atoms with Crippen LogP contribution >= 0.6 is 15.9 Å². The number of sulfonamides is 1. The molecule has 6 saturated carbocycles. The Balaban J connectivity index is 1.20. The Bertz CT molecular complexity index is 1070. The van der Waals surface area contributed by atoms with Gasteiger partial charge in [0.15, 0.2) is 0 Å². The molecule has 0 saturated heterocycles. The normalized spacial score (nSPS) is 35.1. The van der Waals surface area contributed by atoms with E-state index in [2.05, 4.69) is 53.7 Å². The molecule has 0 aliphatic heterocycles. The Labute approximate surface area is 213 Å². The number of rotatable bonds is 7. The summed E-state index contributed by atoms with van der Waals surface area (Å²) in [5.74, 6) is 3.63. The fraction of sp³-hybridized carbons (Fsp3) is 0.741. The smallest absolute Gasteiger partial charge is 0.251 e. The minimum absolute atomic E-state index is 0.141. The van der Waals surface area contributed by atoms with Gasteiger partial charge in [-0.1, -0.05) is 27.7 Å². The maximum Gasteiger partial charge on any atom is 0.251 e. The largest absolute Gasteiger partial charge is 0.352 e. The first kappa shape index (κ1) is 24.8. The second-order valence-electron chi connectivity index (χ2n) is 12.7. The molecule has 3 unspecified atom stereocenters. The summed E-state index contributed by atoms with van der Waals surface area (Å²) in [4.78, 5) is 13.1. The van der Waals surface area contributed by atoms with Crippen molar-refractivity contribution in [1.82, 2.24) is 10.0 Å². The van der Waals surface area contributed by atoms with Gasteiger partial charge in [-0.3, -0.25) is 4.79 Å². The van der Waals surface area contributed by atoms with Gasteiger partial charge in [0.25, 0.3) is 5.91 Å². The quantitative estimate of drug-likeness (QED) is 0.463. The highest BCUT2D eigenvalue weighted by molar-refractivity contribution is 9.10. The highest BCUT2D eigenvalue weighted by Crippen LogP contribution is 2.61. The number of hydrogen-bond donors (Lipinski definition) is 2. The average molecular weight is 552 g/mol. The number of benzene rings is 1. The van der Waals surface area contributed by atoms with Crippen LogP contribution in [0.3, 0.4) is 0 Å². The van der Waals surface area contributed by atoms with Crippen LogP contribution < -0.4 is 10.0 Å². The van der Waals surface area contributed by atoms with Gasteiger partial charge >= 0.3 is 0 Å². The fourth-order valence-electron chi connectivity index (χ4n) is 7.68. The third kappa shape index (κ3) is 4.17. The zero-order valence-corrected chi connectivity index (χ0v) is 23.3. The van der Waals surface area contributed by atoms with Gasteiger partial charge in [0.05, 0.1) is 4.90 Å². The standard InChI is InChI=1S/C27H39BrN2O3S/c1-26(2)20-9-16(10-21(26)12-20)14-30-34(32,33)24-11-17(6-8-23(24)28)25(31)29-15-18-5-7-19-13-22(18)27(19,3)4/h6,8,11,16,18-22,30H,5,7,9-10,12-15H2,1-4H3,(H,29,31)/t16-,18?,19?,20-,21+,22?. The monoisotopic (exact) mass is 550 g/mol. The van der Waals surface area contributed by atoms with Crippen LogP contribution in [-0.2, 0) is 10.0 Å². The molecular formula is C27H39BrN2O3S. The lowest BCUT2D eigenvalue weighted by molar-refractivity contribution is -0.103. The van der Waals surface area contributed by atoms with Gasteiger partial charge in [-0.2, -0.15) is 0 Å². The molecule has 6 fully saturated rings. The second-order valence-corrected chi connectivity index (χ2v) is 15.3. The van der Waals surface area contributed by atoms with Crippen molar-refractivity contribution in [3.63, 3.8) is 0 Å². The minimum Gasteiger partial charge on any atom is -0.352 e. The van der Waals surface area contributed by atoms with Crippen molar-refractivity contribution in [2.24, 2.45) is 46.3 Å². The molecule has 4 bridgehead atoms. The van der Waals surface area contributed by atoms with E-state index in [9.17, 15) is 13.2 Å². The number of carbonyl (C=O) groups excluding carboxylic acids is 1. The Morgan fingerprint density at radius 3 is 2.29 bits per heavy atom. The Morgan fingerprint density at radius 1 is 0.971 bits per heavy atom. The summed E-state index contributed by atoms with van der Waals surface area (Å²) < 4.78 is 29.6. The van der Waals surface area contributed by atoms with Gasteiger partial charge in [-0.15, -0.1) is 0 Å². The first-order valence-electron chi connectivity index (χ1n) is 13.0. The molecule has 7 rings (SSSR count). The van der Waals surface area contributed by atoms with Crippen LogP contribution in [0, 0.1) is 46.3 Å². The first-order chi connectivity index (χ1) is 15.9. The molecule has 5 nitrogen and oxygen atoms in total. The molecule has 2 N–H and O–H groups in total. The molecule has 34 heavy (non-hydrogen) atoms. The van der Waals surface area contributed by atoms with Gasteiger partial charge in [0, 0.05) is 23.1 Å². The van der Waals surface area contributed by atoms with Crippen molar-refractivity contribution in [2.75, 3.05) is 13.1 Å². The molecule has 188 valence electrons. The van der Waals surface area contributed by atoms with Crippen LogP contribution in [0.1, 0.15) is 76.6 Å². The average Bonchev–Trinajstić information content (AvgIpc) is 2.81. The molecule has 6 aliphatic carbocycles. The topological polar surface area (TPSA) is 75.3 Å². The van der Waals surface area contributed by atoms with Gasteiger partial charge in [-0.05, 0) is 119 Å². The third-order valence-corrected chi connectivity index (χ3v) is 12.9. The van der Waals surface area contributed by atoms with E-state index < -0.39 is 10.0 Å². The zero-order chi connectivity index (χ0) is 24.5. The van der Waals surface area contributed by atoms with Crippen LogP contribution in [0.15, 0.2) is 27.6 Å². The Hall–Kier alpha value is -0.920. The van der Waals surface area contributed by atoms with Crippen molar-refractivity contribution in [2.45, 2.75) is 71.1 Å². The van der Waals surface area contributed by atoms with Crippen molar-refractivity contribution < 1.29 is 13.2 Å². The van der Waals surface area contributed by atoms with Gasteiger partial charge in [0.1, 0.15) is 0 Å². The van der Waals surface area contributed by atoms with Crippen LogP contribution in [-0.4, -0.2) is 27.4 Å². The lowest BCUT2D eigenvalue weighted by Crippen LogP contribution is -2.54. The highest BCUT2D eigenvalue weighted by atomic mass is 79.9. The molecule has 6 aliphatic rings. The molecule has 1 amide bonds. The van der Waals surface area contributed by atoms with E-state index >= 15 is 0 Å². The number of fused-ring (bicyclic) bond motifs is 4. The summed E-state index contributed by atoms with van der Waals surface area (Å²) in [6.45, 7) is 10.5. The van der Waals surface area contributed by atoms with E-state index in [0.29, 0.717) is 63.5 Å². The highest BCUT2D eigenvalue weighted by Gasteiger charge is 2.54.